The third kappa shape index (κ3) is 11.6. The number of hydrogen-bond donors (Lipinski definition) is 1. The molecule has 1 aliphatic heterocycles. The third-order valence-corrected chi connectivity index (χ3v) is 4.33. The van der Waals surface area contributed by atoms with Gasteiger partial charge in [0.2, 0.25) is 0 Å². The zero-order chi connectivity index (χ0) is 18.2. The largest absolute Gasteiger partial charge is 0.480 e. The van der Waals surface area contributed by atoms with Crippen LogP contribution in [0.3, 0.4) is 0 Å². The zero-order valence-corrected chi connectivity index (χ0v) is 15.8. The summed E-state index contributed by atoms with van der Waals surface area (Å²) in [6.45, 7) is 2.44. The predicted octanol–water partition coefficient (Wildman–Crippen LogP) is 5.68. The Bertz CT molecular complexity index is 440. The quantitative estimate of drug-likeness (QED) is 0.305. The minimum Gasteiger partial charge on any atom is -0.480 e. The standard InChI is InChI=1S/C21H35NO3/c1-2-3-4-5-6-7-8-9-10-11-12-13-14-15-16-17-20-22-19(18-25-20)21(23)24/h6-7,9-10,19H,2-5,8,11-18H2,1H3,(H,23,24)/b7-6-,10-9-. The number of carboxylic acid groups (broad SMARTS) is 1. The second kappa shape index (κ2) is 14.7. The number of carboxylic acids is 1. The van der Waals surface area contributed by atoms with Crippen molar-refractivity contribution < 1.29 is 14.6 Å². The van der Waals surface area contributed by atoms with E-state index in [1.54, 1.807) is 0 Å². The van der Waals surface area contributed by atoms with Gasteiger partial charge in [-0.2, -0.15) is 0 Å². The van der Waals surface area contributed by atoms with E-state index >= 15 is 0 Å². The normalized spacial score (nSPS) is 17.3. The van der Waals surface area contributed by atoms with Gasteiger partial charge in [0, 0.05) is 6.42 Å². The zero-order valence-electron chi connectivity index (χ0n) is 15.8. The van der Waals surface area contributed by atoms with Gasteiger partial charge in [0.15, 0.2) is 11.9 Å². The fourth-order valence-corrected chi connectivity index (χ4v) is 2.77. The van der Waals surface area contributed by atoms with Crippen LogP contribution in [-0.2, 0) is 9.53 Å². The lowest BCUT2D eigenvalue weighted by Gasteiger charge is -2.01. The molecule has 0 spiro atoms. The second-order valence-corrected chi connectivity index (χ2v) is 6.67. The number of carbonyl (C=O) groups is 1. The Kier molecular flexibility index (Phi) is 12.7. The molecule has 1 N–H and O–H groups in total. The highest BCUT2D eigenvalue weighted by Gasteiger charge is 2.24. The lowest BCUT2D eigenvalue weighted by Crippen LogP contribution is -2.18. The van der Waals surface area contributed by atoms with Crippen molar-refractivity contribution in [3.05, 3.63) is 24.3 Å². The van der Waals surface area contributed by atoms with E-state index in [0.717, 1.165) is 25.7 Å². The van der Waals surface area contributed by atoms with Crippen molar-refractivity contribution >= 4 is 11.9 Å². The number of rotatable bonds is 15. The van der Waals surface area contributed by atoms with Gasteiger partial charge in [-0.15, -0.1) is 0 Å². The van der Waals surface area contributed by atoms with Crippen molar-refractivity contribution in [2.45, 2.75) is 90.0 Å². The number of allylic oxidation sites excluding steroid dienone is 4. The smallest absolute Gasteiger partial charge is 0.332 e. The Morgan fingerprint density at radius 2 is 1.68 bits per heavy atom. The molecule has 0 saturated heterocycles. The maximum atomic E-state index is 10.8. The van der Waals surface area contributed by atoms with Crippen LogP contribution in [0.1, 0.15) is 84.0 Å². The molecule has 0 aliphatic carbocycles. The van der Waals surface area contributed by atoms with E-state index in [-0.39, 0.29) is 6.61 Å². The molecule has 0 radical (unpaired) electrons. The number of ether oxygens (including phenoxy) is 1. The van der Waals surface area contributed by atoms with Crippen LogP contribution in [0.2, 0.25) is 0 Å². The van der Waals surface area contributed by atoms with Gasteiger partial charge >= 0.3 is 5.97 Å². The molecule has 1 heterocycles. The minimum atomic E-state index is -0.893. The summed E-state index contributed by atoms with van der Waals surface area (Å²) in [5.74, 6) is -0.270. The van der Waals surface area contributed by atoms with Crippen LogP contribution in [-0.4, -0.2) is 29.6 Å². The number of hydrogen-bond acceptors (Lipinski definition) is 3. The molecule has 0 amide bonds. The van der Waals surface area contributed by atoms with Gasteiger partial charge < -0.3 is 9.84 Å². The summed E-state index contributed by atoms with van der Waals surface area (Å²) in [7, 11) is 0. The van der Waals surface area contributed by atoms with Crippen molar-refractivity contribution in [3.8, 4) is 0 Å². The summed E-state index contributed by atoms with van der Waals surface area (Å²) in [4.78, 5) is 14.8. The van der Waals surface area contributed by atoms with Crippen LogP contribution >= 0.6 is 0 Å². The van der Waals surface area contributed by atoms with Gasteiger partial charge in [-0.3, -0.25) is 0 Å². The van der Waals surface area contributed by atoms with Gasteiger partial charge in [0.25, 0.3) is 0 Å². The molecule has 0 aromatic carbocycles. The first-order valence-electron chi connectivity index (χ1n) is 9.96. The van der Waals surface area contributed by atoms with Crippen LogP contribution in [0.15, 0.2) is 29.3 Å². The first-order chi connectivity index (χ1) is 12.2. The summed E-state index contributed by atoms with van der Waals surface area (Å²) >= 11 is 0. The molecule has 1 aliphatic rings. The molecule has 1 unspecified atom stereocenters. The molecule has 4 heteroatoms. The van der Waals surface area contributed by atoms with E-state index < -0.39 is 12.0 Å². The highest BCUT2D eigenvalue weighted by molar-refractivity contribution is 5.84. The second-order valence-electron chi connectivity index (χ2n) is 6.67. The van der Waals surface area contributed by atoms with Gasteiger partial charge in [0.1, 0.15) is 6.61 Å². The fourth-order valence-electron chi connectivity index (χ4n) is 2.77. The lowest BCUT2D eigenvalue weighted by molar-refractivity contribution is -0.138. The van der Waals surface area contributed by atoms with Crippen LogP contribution < -0.4 is 0 Å². The van der Waals surface area contributed by atoms with E-state index in [0.29, 0.717) is 5.90 Å². The predicted molar refractivity (Wildman–Crippen MR) is 104 cm³/mol. The molecule has 0 aromatic rings. The van der Waals surface area contributed by atoms with Gasteiger partial charge in [-0.25, -0.2) is 9.79 Å². The molecular formula is C21H35NO3. The topological polar surface area (TPSA) is 58.9 Å². The number of aliphatic imine (C=N–C) groups is 1. The maximum absolute atomic E-state index is 10.8. The minimum absolute atomic E-state index is 0.199. The Morgan fingerprint density at radius 3 is 2.32 bits per heavy atom. The average molecular weight is 350 g/mol. The molecule has 142 valence electrons. The first-order valence-corrected chi connectivity index (χ1v) is 9.96. The first kappa shape index (κ1) is 21.5. The van der Waals surface area contributed by atoms with E-state index in [1.807, 2.05) is 0 Å². The third-order valence-electron chi connectivity index (χ3n) is 4.33. The van der Waals surface area contributed by atoms with Gasteiger partial charge in [0.05, 0.1) is 0 Å². The lowest BCUT2D eigenvalue weighted by atomic mass is 10.1. The van der Waals surface area contributed by atoms with Crippen LogP contribution in [0.5, 0.6) is 0 Å². The summed E-state index contributed by atoms with van der Waals surface area (Å²) in [6.07, 6.45) is 23.2. The highest BCUT2D eigenvalue weighted by atomic mass is 16.5. The Hall–Kier alpha value is -1.58. The Balaban J connectivity index is 1.87. The molecule has 0 saturated carbocycles. The van der Waals surface area contributed by atoms with Crippen molar-refractivity contribution in [1.82, 2.24) is 0 Å². The summed E-state index contributed by atoms with van der Waals surface area (Å²) in [5.41, 5.74) is 0. The highest BCUT2D eigenvalue weighted by Crippen LogP contribution is 2.13. The van der Waals surface area contributed by atoms with E-state index in [9.17, 15) is 4.79 Å². The van der Waals surface area contributed by atoms with E-state index in [1.165, 1.54) is 51.4 Å². The monoisotopic (exact) mass is 349 g/mol. The summed E-state index contributed by atoms with van der Waals surface area (Å²) in [5, 5.41) is 8.84. The van der Waals surface area contributed by atoms with Gasteiger partial charge in [-0.1, -0.05) is 63.3 Å². The molecule has 4 nitrogen and oxygen atoms in total. The Labute approximate surface area is 153 Å². The average Bonchev–Trinajstić information content (AvgIpc) is 3.07. The summed E-state index contributed by atoms with van der Waals surface area (Å²) < 4.78 is 5.30. The molecule has 1 rings (SSSR count). The van der Waals surface area contributed by atoms with Crippen LogP contribution in [0, 0.1) is 0 Å². The van der Waals surface area contributed by atoms with Gasteiger partial charge in [-0.05, 0) is 38.5 Å². The summed E-state index contributed by atoms with van der Waals surface area (Å²) in [6, 6.07) is -0.687. The molecular weight excluding hydrogens is 314 g/mol. The van der Waals surface area contributed by atoms with Crippen LogP contribution in [0.4, 0.5) is 0 Å². The molecule has 0 fully saturated rings. The number of nitrogens with zero attached hydrogens (tertiary/aromatic N) is 1. The van der Waals surface area contributed by atoms with Crippen LogP contribution in [0.25, 0.3) is 0 Å². The molecule has 1 atom stereocenters. The van der Waals surface area contributed by atoms with Crippen molar-refractivity contribution in [3.63, 3.8) is 0 Å². The van der Waals surface area contributed by atoms with Crippen molar-refractivity contribution in [1.29, 1.82) is 0 Å². The van der Waals surface area contributed by atoms with Crippen molar-refractivity contribution in [2.24, 2.45) is 4.99 Å². The Morgan fingerprint density at radius 1 is 1.04 bits per heavy atom. The van der Waals surface area contributed by atoms with E-state index in [2.05, 4.69) is 36.2 Å². The maximum Gasteiger partial charge on any atom is 0.332 e. The number of aliphatic carboxylic acids is 1. The van der Waals surface area contributed by atoms with Crippen molar-refractivity contribution in [2.75, 3.05) is 6.61 Å². The number of unbranched alkanes of at least 4 members (excludes halogenated alkanes) is 8. The molecule has 0 aromatic heterocycles. The van der Waals surface area contributed by atoms with E-state index in [4.69, 9.17) is 9.84 Å². The SMILES string of the molecule is CCCCC/C=C\C/C=C\CCCCCCCC1=NC(C(=O)O)CO1. The molecule has 25 heavy (non-hydrogen) atoms. The fraction of sp³-hybridized carbons (Fsp3) is 0.714. The molecule has 0 bridgehead atoms.